The number of thiazole rings is 1. The fourth-order valence-electron chi connectivity index (χ4n) is 7.80. The summed E-state index contributed by atoms with van der Waals surface area (Å²) in [5.41, 5.74) is 2.08. The van der Waals surface area contributed by atoms with E-state index in [4.69, 9.17) is 19.4 Å². The average molecular weight is 869 g/mol. The lowest BCUT2D eigenvalue weighted by Crippen LogP contribution is -2.58. The molecular formula is C42H60N8O8S2. The van der Waals surface area contributed by atoms with Gasteiger partial charge in [-0.15, -0.1) is 11.3 Å². The van der Waals surface area contributed by atoms with Crippen molar-refractivity contribution in [3.63, 3.8) is 0 Å². The number of rotatable bonds is 9. The monoisotopic (exact) mass is 868 g/mol. The summed E-state index contributed by atoms with van der Waals surface area (Å²) in [5, 5.41) is 8.56. The molecule has 3 aromatic rings. The number of aromatic nitrogens is 3. The molecule has 3 aliphatic rings. The van der Waals surface area contributed by atoms with Crippen LogP contribution in [0.25, 0.3) is 21.6 Å². The largest absolute Gasteiger partial charge is 0.459 e. The van der Waals surface area contributed by atoms with E-state index in [1.165, 1.54) is 19.0 Å². The number of allylic oxidation sites excluding steroid dienone is 1. The van der Waals surface area contributed by atoms with Crippen molar-refractivity contribution in [1.82, 2.24) is 39.1 Å². The van der Waals surface area contributed by atoms with E-state index in [1.807, 2.05) is 37.5 Å². The zero-order chi connectivity index (χ0) is 43.9. The third-order valence-electron chi connectivity index (χ3n) is 11.1. The summed E-state index contributed by atoms with van der Waals surface area (Å²) in [6, 6.07) is 2.18. The van der Waals surface area contributed by atoms with Crippen LogP contribution in [-0.4, -0.2) is 106 Å². The summed E-state index contributed by atoms with van der Waals surface area (Å²) < 4.78 is 42.9. The molecule has 1 saturated heterocycles. The molecular weight excluding hydrogens is 809 g/mol. The Morgan fingerprint density at radius 3 is 2.47 bits per heavy atom. The van der Waals surface area contributed by atoms with Gasteiger partial charge in [0, 0.05) is 43.4 Å². The van der Waals surface area contributed by atoms with Crippen LogP contribution in [0.1, 0.15) is 117 Å². The molecule has 5 atom stereocenters. The van der Waals surface area contributed by atoms with Crippen molar-refractivity contribution in [2.75, 3.05) is 20.6 Å². The lowest BCUT2D eigenvalue weighted by Gasteiger charge is -2.30. The van der Waals surface area contributed by atoms with Gasteiger partial charge in [-0.3, -0.25) is 19.0 Å². The van der Waals surface area contributed by atoms with Gasteiger partial charge < -0.3 is 25.0 Å². The lowest BCUT2D eigenvalue weighted by molar-refractivity contribution is -0.141. The number of alkyl carbamates (subject to hydrolysis) is 1. The maximum atomic E-state index is 14.7. The summed E-state index contributed by atoms with van der Waals surface area (Å²) in [7, 11) is -1.58. The van der Waals surface area contributed by atoms with Crippen molar-refractivity contribution in [3.8, 4) is 16.6 Å². The third-order valence-corrected chi connectivity index (χ3v) is 13.4. The molecule has 16 nitrogen and oxygen atoms in total. The number of hydrogen-bond donors (Lipinski definition) is 3. The summed E-state index contributed by atoms with van der Waals surface area (Å²) in [4.78, 5) is 67.6. The van der Waals surface area contributed by atoms with Crippen LogP contribution in [0.15, 0.2) is 29.7 Å². The number of fused-ring (bicyclic) bond motifs is 3. The normalized spacial score (nSPS) is 24.7. The Labute approximate surface area is 357 Å². The predicted molar refractivity (Wildman–Crippen MR) is 230 cm³/mol. The molecule has 2 aromatic heterocycles. The van der Waals surface area contributed by atoms with Crippen LogP contribution < -0.4 is 20.1 Å². The van der Waals surface area contributed by atoms with Gasteiger partial charge in [0.1, 0.15) is 39.9 Å². The third kappa shape index (κ3) is 9.81. The topological polar surface area (TPSA) is 194 Å². The summed E-state index contributed by atoms with van der Waals surface area (Å²) in [5.74, 6) is -2.22. The zero-order valence-corrected chi connectivity index (χ0v) is 38.0. The minimum absolute atomic E-state index is 0.0294. The Morgan fingerprint density at radius 1 is 1.08 bits per heavy atom. The second kappa shape index (κ2) is 17.4. The first-order valence-electron chi connectivity index (χ1n) is 20.8. The number of nitrogens with zero attached hydrogens (tertiary/aromatic N) is 5. The van der Waals surface area contributed by atoms with Crippen molar-refractivity contribution in [1.29, 1.82) is 0 Å². The molecule has 0 spiro atoms. The maximum absolute atomic E-state index is 14.7. The molecule has 60 heavy (non-hydrogen) atoms. The van der Waals surface area contributed by atoms with Crippen LogP contribution in [0, 0.1) is 12.8 Å². The molecule has 4 amide bonds. The molecule has 4 heterocycles. The highest BCUT2D eigenvalue weighted by atomic mass is 32.2. The van der Waals surface area contributed by atoms with Gasteiger partial charge in [0.25, 0.3) is 11.9 Å². The highest BCUT2D eigenvalue weighted by Crippen LogP contribution is 2.46. The quantitative estimate of drug-likeness (QED) is 0.224. The van der Waals surface area contributed by atoms with E-state index in [0.29, 0.717) is 30.8 Å². The number of amides is 4. The molecule has 2 aliphatic heterocycles. The number of ether oxygens (including phenoxy) is 2. The zero-order valence-electron chi connectivity index (χ0n) is 36.3. The summed E-state index contributed by atoms with van der Waals surface area (Å²) >= 11 is 1.56. The minimum atomic E-state index is -4.18. The van der Waals surface area contributed by atoms with Crippen LogP contribution in [0.3, 0.4) is 0 Å². The van der Waals surface area contributed by atoms with Crippen LogP contribution in [0.4, 0.5) is 4.79 Å². The smallest absolute Gasteiger partial charge is 0.408 e. The Bertz CT molecular complexity index is 2260. The molecule has 1 aromatic carbocycles. The molecule has 18 heteroatoms. The van der Waals surface area contributed by atoms with E-state index >= 15 is 0 Å². The van der Waals surface area contributed by atoms with E-state index in [2.05, 4.69) is 46.7 Å². The van der Waals surface area contributed by atoms with Crippen molar-refractivity contribution in [3.05, 3.63) is 40.9 Å². The molecule has 1 aliphatic carbocycles. The average Bonchev–Trinajstić information content (AvgIpc) is 3.50. The van der Waals surface area contributed by atoms with Crippen LogP contribution in [0.2, 0.25) is 0 Å². The first-order valence-corrected chi connectivity index (χ1v) is 23.1. The van der Waals surface area contributed by atoms with E-state index < -0.39 is 69.3 Å². The molecule has 0 unspecified atom stereocenters. The minimum Gasteiger partial charge on any atom is -0.459 e. The van der Waals surface area contributed by atoms with Crippen molar-refractivity contribution < 1.29 is 37.1 Å². The Kier molecular flexibility index (Phi) is 13.1. The van der Waals surface area contributed by atoms with Crippen molar-refractivity contribution in [2.45, 2.75) is 142 Å². The SMILES string of the molecule is Cc1cc(-c2nc(C(C)C)cs2)c2nc(O[C@@H]3C[C@H]4C(=O)N[C@]5(C(=O)NS(=O)(=O)N(C)C)C[C@H]5/C=C\CCCCC[C@H](NC(=O)OC(C)(C)C)C(=O)N4C3)n(C(C)C)c2c1. The van der Waals surface area contributed by atoms with E-state index in [9.17, 15) is 27.6 Å². The number of imidazole rings is 1. The van der Waals surface area contributed by atoms with Gasteiger partial charge in [-0.2, -0.15) is 17.7 Å². The standard InChI is InChI=1S/C42H60N8O8S2/c1-24(2)31-23-59-36(43-31)29-18-26(5)19-32-34(29)45-39(50(32)25(3)4)57-28-20-33-35(51)46-42(38(53)47-60(55,56)48(9)10)21-27(42)16-14-12-11-13-15-17-30(37(52)49(33)22-28)44-40(54)58-41(6,7)8/h14,16,18-19,23-25,27-28,30,33H,11-13,15,17,20-22H2,1-10H3,(H,44,54)(H,46,51)(H,47,53)/b16-14-/t27-,28-,30+,33+,42-/m1/s1. The van der Waals surface area contributed by atoms with E-state index in [1.54, 1.807) is 32.1 Å². The Balaban J connectivity index is 1.37. The highest BCUT2D eigenvalue weighted by molar-refractivity contribution is 7.87. The molecule has 0 radical (unpaired) electrons. The Morgan fingerprint density at radius 2 is 1.82 bits per heavy atom. The number of carbonyl (C=O) groups excluding carboxylic acids is 4. The molecule has 0 bridgehead atoms. The number of aryl methyl sites for hydroxylation is 1. The fourth-order valence-corrected chi connectivity index (χ4v) is 9.39. The molecule has 6 rings (SSSR count). The summed E-state index contributed by atoms with van der Waals surface area (Å²) in [6.45, 7) is 15.5. The second-order valence-corrected chi connectivity index (χ2v) is 20.7. The van der Waals surface area contributed by atoms with Crippen LogP contribution >= 0.6 is 11.3 Å². The first kappa shape index (κ1) is 45.0. The number of hydrogen-bond acceptors (Lipinski definition) is 11. The van der Waals surface area contributed by atoms with Gasteiger partial charge in [0.05, 0.1) is 17.8 Å². The Hall–Kier alpha value is -4.55. The fraction of sp³-hybridized carbons (Fsp3) is 0.619. The molecule has 1 saturated carbocycles. The van der Waals surface area contributed by atoms with E-state index in [0.717, 1.165) is 44.5 Å². The van der Waals surface area contributed by atoms with Crippen molar-refractivity contribution >= 4 is 56.4 Å². The van der Waals surface area contributed by atoms with Gasteiger partial charge in [0.15, 0.2) is 0 Å². The highest BCUT2D eigenvalue weighted by Gasteiger charge is 2.62. The molecule has 2 fully saturated rings. The van der Waals surface area contributed by atoms with E-state index in [-0.39, 0.29) is 31.3 Å². The number of carbonyl (C=O) groups is 4. The maximum Gasteiger partial charge on any atom is 0.408 e. The van der Waals surface area contributed by atoms with Crippen LogP contribution in [0.5, 0.6) is 6.01 Å². The predicted octanol–water partition coefficient (Wildman–Crippen LogP) is 5.73. The van der Waals surface area contributed by atoms with Crippen LogP contribution in [-0.2, 0) is 29.3 Å². The number of nitrogens with one attached hydrogen (secondary N) is 3. The van der Waals surface area contributed by atoms with Gasteiger partial charge in [-0.05, 0) is 90.8 Å². The summed E-state index contributed by atoms with van der Waals surface area (Å²) in [6.07, 6.45) is 5.61. The van der Waals surface area contributed by atoms with Gasteiger partial charge in [0.2, 0.25) is 11.8 Å². The molecule has 328 valence electrons. The second-order valence-electron chi connectivity index (χ2n) is 18.0. The molecule has 3 N–H and O–H groups in total. The van der Waals surface area contributed by atoms with Gasteiger partial charge in [-0.25, -0.2) is 14.5 Å². The first-order chi connectivity index (χ1) is 28.1. The van der Waals surface area contributed by atoms with Gasteiger partial charge >= 0.3 is 16.3 Å². The van der Waals surface area contributed by atoms with Gasteiger partial charge in [-0.1, -0.05) is 38.8 Å². The lowest BCUT2D eigenvalue weighted by atomic mass is 10.0. The number of benzene rings is 1. The van der Waals surface area contributed by atoms with Crippen molar-refractivity contribution in [2.24, 2.45) is 5.92 Å².